The van der Waals surface area contributed by atoms with Crippen molar-refractivity contribution in [3.63, 3.8) is 0 Å². The first kappa shape index (κ1) is 31.7. The van der Waals surface area contributed by atoms with Crippen molar-refractivity contribution in [2.75, 3.05) is 26.9 Å². The normalized spacial score (nSPS) is 22.8. The van der Waals surface area contributed by atoms with Crippen LogP contribution in [0.5, 0.6) is 0 Å². The Morgan fingerprint density at radius 1 is 1.05 bits per heavy atom. The molecule has 226 valence electrons. The van der Waals surface area contributed by atoms with Gasteiger partial charge in [0.2, 0.25) is 6.54 Å². The van der Waals surface area contributed by atoms with Crippen molar-refractivity contribution < 1.29 is 32.9 Å². The predicted octanol–water partition coefficient (Wildman–Crippen LogP) is 2.34. The zero-order valence-electron chi connectivity index (χ0n) is 24.0. The van der Waals surface area contributed by atoms with Gasteiger partial charge in [-0.3, -0.25) is 28.8 Å². The number of hydroxylamine groups is 2. The number of aromatic amines is 1. The SMILES string of the molecule is [C-]#[N+]CCOP(OC1[C@@H](CON2C(=O)c3ccccc3C2=O)O[C@@H](n2ccc(=O)[nH]c2=O)[C@H]1OC)N(C(C)C)C(C)C. The number of amides is 2. The first-order valence-electron chi connectivity index (χ1n) is 13.4. The van der Waals surface area contributed by atoms with Crippen LogP contribution >= 0.6 is 8.53 Å². The highest BCUT2D eigenvalue weighted by Crippen LogP contribution is 2.50. The lowest BCUT2D eigenvalue weighted by atomic mass is 10.1. The van der Waals surface area contributed by atoms with Crippen molar-refractivity contribution in [2.45, 2.75) is 64.3 Å². The van der Waals surface area contributed by atoms with Gasteiger partial charge < -0.3 is 23.4 Å². The van der Waals surface area contributed by atoms with Crippen LogP contribution in [-0.4, -0.2) is 88.4 Å². The second-order valence-electron chi connectivity index (χ2n) is 10.1. The van der Waals surface area contributed by atoms with Crippen LogP contribution in [0.4, 0.5) is 0 Å². The topological polar surface area (TPSA) is 146 Å². The number of rotatable bonds is 13. The smallest absolute Gasteiger partial charge is 0.330 e. The van der Waals surface area contributed by atoms with Crippen LogP contribution in [0.1, 0.15) is 54.6 Å². The molecular weight excluding hydrogens is 569 g/mol. The molecule has 0 spiro atoms. The third kappa shape index (κ3) is 6.53. The van der Waals surface area contributed by atoms with E-state index in [2.05, 4.69) is 9.83 Å². The molecule has 5 atom stereocenters. The van der Waals surface area contributed by atoms with Gasteiger partial charge in [0, 0.05) is 31.5 Å². The van der Waals surface area contributed by atoms with E-state index in [1.807, 2.05) is 32.4 Å². The largest absolute Gasteiger partial charge is 0.374 e. The van der Waals surface area contributed by atoms with E-state index in [0.29, 0.717) is 5.06 Å². The summed E-state index contributed by atoms with van der Waals surface area (Å²) in [5.41, 5.74) is -0.868. The Kier molecular flexibility index (Phi) is 10.4. The molecule has 1 fully saturated rings. The van der Waals surface area contributed by atoms with Crippen LogP contribution in [0.3, 0.4) is 0 Å². The van der Waals surface area contributed by atoms with Crippen molar-refractivity contribution >= 4 is 20.3 Å². The molecule has 42 heavy (non-hydrogen) atoms. The third-order valence-corrected chi connectivity index (χ3v) is 8.80. The standard InChI is InChI=1S/C27H34N5O9P/c1-16(2)32(17(3)4)42(39-14-12-28-5)41-22-20(15-38-31-24(34)18-9-7-8-10-19(18)25(31)35)40-26(23(22)37-6)30-13-11-21(33)29-27(30)36/h7-11,13,16-17,20,22-23,26H,12,14-15H2,1-4,6H3,(H,29,33,36)/t20-,22?,23+,26-,42?/m1/s1. The molecule has 1 saturated heterocycles. The van der Waals surface area contributed by atoms with Crippen LogP contribution in [0, 0.1) is 6.57 Å². The number of carbonyl (C=O) groups is 2. The zero-order chi connectivity index (χ0) is 30.6. The van der Waals surface area contributed by atoms with E-state index in [1.165, 1.54) is 36.1 Å². The molecule has 0 saturated carbocycles. The second-order valence-corrected chi connectivity index (χ2v) is 11.5. The average Bonchev–Trinajstić information content (AvgIpc) is 3.40. The average molecular weight is 604 g/mol. The van der Waals surface area contributed by atoms with Crippen LogP contribution in [0.25, 0.3) is 4.85 Å². The minimum Gasteiger partial charge on any atom is -0.374 e. The molecule has 1 N–H and O–H groups in total. The number of methoxy groups -OCH3 is 1. The van der Waals surface area contributed by atoms with Gasteiger partial charge in [0.15, 0.2) is 6.23 Å². The monoisotopic (exact) mass is 603 g/mol. The van der Waals surface area contributed by atoms with Gasteiger partial charge in [-0.15, -0.1) is 5.06 Å². The van der Waals surface area contributed by atoms with Gasteiger partial charge in [-0.2, -0.15) is 0 Å². The first-order valence-corrected chi connectivity index (χ1v) is 14.5. The van der Waals surface area contributed by atoms with Gasteiger partial charge in [0.1, 0.15) is 31.5 Å². The fourth-order valence-corrected chi connectivity index (χ4v) is 6.66. The van der Waals surface area contributed by atoms with Crippen molar-refractivity contribution in [3.8, 4) is 0 Å². The molecule has 2 aromatic rings. The maximum Gasteiger partial charge on any atom is 0.330 e. The van der Waals surface area contributed by atoms with Crippen molar-refractivity contribution in [1.29, 1.82) is 0 Å². The van der Waals surface area contributed by atoms with Gasteiger partial charge >= 0.3 is 5.69 Å². The van der Waals surface area contributed by atoms with Gasteiger partial charge in [0.25, 0.3) is 25.9 Å². The summed E-state index contributed by atoms with van der Waals surface area (Å²) < 4.78 is 27.8. The van der Waals surface area contributed by atoms with E-state index in [9.17, 15) is 19.2 Å². The summed E-state index contributed by atoms with van der Waals surface area (Å²) in [5.74, 6) is -1.23. The molecule has 0 radical (unpaired) electrons. The molecule has 2 unspecified atom stereocenters. The lowest BCUT2D eigenvalue weighted by Gasteiger charge is -2.38. The third-order valence-electron chi connectivity index (χ3n) is 6.67. The van der Waals surface area contributed by atoms with Crippen LogP contribution in [-0.2, 0) is 23.4 Å². The number of fused-ring (bicyclic) bond motifs is 1. The fourth-order valence-electron chi connectivity index (χ4n) is 4.90. The summed E-state index contributed by atoms with van der Waals surface area (Å²) in [6.45, 7) is 15.0. The van der Waals surface area contributed by atoms with Crippen molar-refractivity contribution in [1.82, 2.24) is 19.3 Å². The fraction of sp³-hybridized carbons (Fsp3) is 0.519. The van der Waals surface area contributed by atoms with Gasteiger partial charge in [-0.1, -0.05) is 12.1 Å². The highest BCUT2D eigenvalue weighted by atomic mass is 31.2. The van der Waals surface area contributed by atoms with Crippen LogP contribution in [0.2, 0.25) is 0 Å². The summed E-state index contributed by atoms with van der Waals surface area (Å²) >= 11 is 0. The molecule has 15 heteroatoms. The number of nitrogens with zero attached hydrogens (tertiary/aromatic N) is 4. The number of imide groups is 1. The Hall–Kier alpha value is -3.28. The maximum absolute atomic E-state index is 12.9. The zero-order valence-corrected chi connectivity index (χ0v) is 24.9. The lowest BCUT2D eigenvalue weighted by molar-refractivity contribution is -0.140. The minimum atomic E-state index is -1.78. The summed E-state index contributed by atoms with van der Waals surface area (Å²) in [6, 6.07) is 7.55. The maximum atomic E-state index is 12.9. The highest BCUT2D eigenvalue weighted by Gasteiger charge is 2.50. The lowest BCUT2D eigenvalue weighted by Crippen LogP contribution is -2.43. The van der Waals surface area contributed by atoms with E-state index in [4.69, 9.17) is 29.9 Å². The van der Waals surface area contributed by atoms with Gasteiger partial charge in [0.05, 0.1) is 11.1 Å². The van der Waals surface area contributed by atoms with Crippen LogP contribution in [0.15, 0.2) is 46.1 Å². The number of carbonyl (C=O) groups excluding carboxylic acids is 2. The van der Waals surface area contributed by atoms with E-state index < -0.39 is 56.1 Å². The molecule has 4 rings (SSSR count). The summed E-state index contributed by atoms with van der Waals surface area (Å²) in [4.78, 5) is 61.5. The molecule has 14 nitrogen and oxygen atoms in total. The Morgan fingerprint density at radius 2 is 1.69 bits per heavy atom. The molecule has 2 aliphatic rings. The van der Waals surface area contributed by atoms with E-state index >= 15 is 0 Å². The van der Waals surface area contributed by atoms with E-state index in [0.717, 1.165) is 0 Å². The highest BCUT2D eigenvalue weighted by molar-refractivity contribution is 7.44. The first-order chi connectivity index (χ1) is 20.1. The Balaban J connectivity index is 1.66. The number of nitrogens with one attached hydrogen (secondary N) is 1. The van der Waals surface area contributed by atoms with Crippen molar-refractivity contribution in [2.24, 2.45) is 0 Å². The quantitative estimate of drug-likeness (QED) is 0.157. The number of hydrogen-bond donors (Lipinski definition) is 1. The van der Waals surface area contributed by atoms with E-state index in [-0.39, 0.29) is 43.0 Å². The Morgan fingerprint density at radius 3 is 2.24 bits per heavy atom. The summed E-state index contributed by atoms with van der Waals surface area (Å²) in [7, 11) is -0.357. The Labute approximate surface area is 243 Å². The second kappa shape index (κ2) is 13.8. The number of ether oxygens (including phenoxy) is 2. The molecule has 1 aromatic heterocycles. The molecule has 2 amide bonds. The molecule has 1 aromatic carbocycles. The predicted molar refractivity (Wildman–Crippen MR) is 150 cm³/mol. The van der Waals surface area contributed by atoms with Crippen molar-refractivity contribution in [3.05, 3.63) is 79.9 Å². The van der Waals surface area contributed by atoms with Crippen LogP contribution < -0.4 is 11.2 Å². The number of benzene rings is 1. The minimum absolute atomic E-state index is 0.00182. The molecule has 3 heterocycles. The summed E-state index contributed by atoms with van der Waals surface area (Å²) in [5, 5.41) is 0.677. The number of aromatic nitrogens is 2. The van der Waals surface area contributed by atoms with E-state index in [1.54, 1.807) is 12.1 Å². The van der Waals surface area contributed by atoms with Gasteiger partial charge in [-0.05, 0) is 39.8 Å². The molecular formula is C27H34N5O9P. The number of hydrogen-bond acceptors (Lipinski definition) is 10. The summed E-state index contributed by atoms with van der Waals surface area (Å²) in [6.07, 6.45) is -2.56. The molecule has 2 aliphatic heterocycles. The number of H-pyrrole nitrogens is 1. The molecule has 0 aliphatic carbocycles. The van der Waals surface area contributed by atoms with Gasteiger partial charge in [-0.25, -0.2) is 16.0 Å². The Bertz CT molecular complexity index is 1390. The molecule has 0 bridgehead atoms.